The second-order valence-corrected chi connectivity index (χ2v) is 7.67. The van der Waals surface area contributed by atoms with Gasteiger partial charge in [0.1, 0.15) is 5.75 Å². The van der Waals surface area contributed by atoms with Crippen LogP contribution in [0.3, 0.4) is 0 Å². The van der Waals surface area contributed by atoms with Crippen molar-refractivity contribution in [3.63, 3.8) is 0 Å². The summed E-state index contributed by atoms with van der Waals surface area (Å²) in [5.41, 5.74) is 1.05. The molecule has 25 heavy (non-hydrogen) atoms. The molecule has 0 saturated carbocycles. The van der Waals surface area contributed by atoms with E-state index in [1.54, 1.807) is 7.11 Å². The number of hydrogen-bond acceptors (Lipinski definition) is 6. The van der Waals surface area contributed by atoms with E-state index in [1.807, 2.05) is 24.3 Å². The largest absolute Gasteiger partial charge is 0.497 e. The SMILES string of the molecule is COc1ccc(-c2nsc(N3CCC(N4CCCCC4)CC3)n2)cc1. The summed E-state index contributed by atoms with van der Waals surface area (Å²) in [6.45, 7) is 4.78. The van der Waals surface area contributed by atoms with Crippen molar-refractivity contribution >= 4 is 16.7 Å². The second kappa shape index (κ2) is 7.70. The fourth-order valence-corrected chi connectivity index (χ4v) is 4.65. The van der Waals surface area contributed by atoms with E-state index in [0.717, 1.165) is 41.4 Å². The van der Waals surface area contributed by atoms with Crippen molar-refractivity contribution in [2.75, 3.05) is 38.2 Å². The Kier molecular flexibility index (Phi) is 5.17. The van der Waals surface area contributed by atoms with E-state index >= 15 is 0 Å². The topological polar surface area (TPSA) is 41.5 Å². The number of likely N-dealkylation sites (tertiary alicyclic amines) is 1. The van der Waals surface area contributed by atoms with Crippen LogP contribution in [0.1, 0.15) is 32.1 Å². The van der Waals surface area contributed by atoms with E-state index in [9.17, 15) is 0 Å². The Labute approximate surface area is 153 Å². The molecule has 0 atom stereocenters. The molecule has 0 radical (unpaired) electrons. The summed E-state index contributed by atoms with van der Waals surface area (Å²) in [5, 5.41) is 1.06. The van der Waals surface area contributed by atoms with Crippen LogP contribution in [-0.4, -0.2) is 53.6 Å². The predicted molar refractivity (Wildman–Crippen MR) is 103 cm³/mol. The highest BCUT2D eigenvalue weighted by atomic mass is 32.1. The quantitative estimate of drug-likeness (QED) is 0.834. The number of aromatic nitrogens is 2. The monoisotopic (exact) mass is 358 g/mol. The molecule has 4 rings (SSSR count). The van der Waals surface area contributed by atoms with Crippen LogP contribution >= 0.6 is 11.5 Å². The number of ether oxygens (including phenoxy) is 1. The van der Waals surface area contributed by atoms with E-state index < -0.39 is 0 Å². The van der Waals surface area contributed by atoms with Gasteiger partial charge in [-0.05, 0) is 63.0 Å². The number of nitrogens with zero attached hydrogens (tertiary/aromatic N) is 4. The van der Waals surface area contributed by atoms with Crippen LogP contribution in [0.2, 0.25) is 0 Å². The summed E-state index contributed by atoms with van der Waals surface area (Å²) >= 11 is 1.52. The first-order valence-electron chi connectivity index (χ1n) is 9.30. The number of rotatable bonds is 4. The average Bonchev–Trinajstić information content (AvgIpc) is 3.19. The van der Waals surface area contributed by atoms with Crippen LogP contribution < -0.4 is 9.64 Å². The van der Waals surface area contributed by atoms with Crippen molar-refractivity contribution < 1.29 is 4.74 Å². The first kappa shape index (κ1) is 16.8. The molecular formula is C19H26N4OS. The summed E-state index contributed by atoms with van der Waals surface area (Å²) < 4.78 is 9.78. The third-order valence-electron chi connectivity index (χ3n) is 5.41. The first-order valence-corrected chi connectivity index (χ1v) is 10.1. The smallest absolute Gasteiger partial charge is 0.205 e. The molecule has 1 aromatic heterocycles. The summed E-state index contributed by atoms with van der Waals surface area (Å²) in [7, 11) is 1.68. The highest BCUT2D eigenvalue weighted by Crippen LogP contribution is 2.29. The summed E-state index contributed by atoms with van der Waals surface area (Å²) in [4.78, 5) is 9.90. The molecule has 2 aliphatic heterocycles. The van der Waals surface area contributed by atoms with Gasteiger partial charge in [-0.3, -0.25) is 0 Å². The van der Waals surface area contributed by atoms with Crippen LogP contribution in [0.15, 0.2) is 24.3 Å². The van der Waals surface area contributed by atoms with Gasteiger partial charge in [-0.2, -0.15) is 9.36 Å². The fourth-order valence-electron chi connectivity index (χ4n) is 3.91. The molecule has 2 saturated heterocycles. The molecule has 0 unspecified atom stereocenters. The molecule has 0 aliphatic carbocycles. The van der Waals surface area contributed by atoms with Gasteiger partial charge in [0, 0.05) is 36.2 Å². The molecule has 0 bridgehead atoms. The molecule has 5 nitrogen and oxygen atoms in total. The summed E-state index contributed by atoms with van der Waals surface area (Å²) in [6, 6.07) is 8.73. The molecule has 2 fully saturated rings. The van der Waals surface area contributed by atoms with E-state index in [2.05, 4.69) is 14.2 Å². The Balaban J connectivity index is 1.37. The molecule has 1 aromatic carbocycles. The maximum Gasteiger partial charge on any atom is 0.205 e. The van der Waals surface area contributed by atoms with E-state index in [0.29, 0.717) is 0 Å². The third kappa shape index (κ3) is 3.80. The molecule has 134 valence electrons. The molecule has 0 N–H and O–H groups in total. The lowest BCUT2D eigenvalue weighted by molar-refractivity contribution is 0.141. The van der Waals surface area contributed by atoms with Gasteiger partial charge >= 0.3 is 0 Å². The molecule has 2 aromatic rings. The first-order chi connectivity index (χ1) is 12.3. The van der Waals surface area contributed by atoms with Gasteiger partial charge in [-0.15, -0.1) is 0 Å². The minimum Gasteiger partial charge on any atom is -0.497 e. The zero-order valence-corrected chi connectivity index (χ0v) is 15.7. The number of benzene rings is 1. The van der Waals surface area contributed by atoms with Crippen molar-refractivity contribution in [3.8, 4) is 17.1 Å². The zero-order valence-electron chi connectivity index (χ0n) is 14.9. The summed E-state index contributed by atoms with van der Waals surface area (Å²) in [5.74, 6) is 1.68. The van der Waals surface area contributed by atoms with Crippen LogP contribution in [0.5, 0.6) is 5.75 Å². The van der Waals surface area contributed by atoms with Crippen molar-refractivity contribution in [1.29, 1.82) is 0 Å². The van der Waals surface area contributed by atoms with E-state index in [4.69, 9.17) is 9.72 Å². The van der Waals surface area contributed by atoms with Gasteiger partial charge in [0.05, 0.1) is 7.11 Å². The van der Waals surface area contributed by atoms with Gasteiger partial charge in [-0.25, -0.2) is 0 Å². The fraction of sp³-hybridized carbons (Fsp3) is 0.579. The molecule has 6 heteroatoms. The lowest BCUT2D eigenvalue weighted by Gasteiger charge is -2.40. The molecule has 3 heterocycles. The van der Waals surface area contributed by atoms with Crippen molar-refractivity contribution in [2.24, 2.45) is 0 Å². The average molecular weight is 359 g/mol. The second-order valence-electron chi connectivity index (χ2n) is 6.94. The van der Waals surface area contributed by atoms with Crippen LogP contribution in [0, 0.1) is 0 Å². The lowest BCUT2D eigenvalue weighted by Crippen LogP contribution is -2.46. The Morgan fingerprint density at radius 1 is 1.00 bits per heavy atom. The maximum atomic E-state index is 5.22. The third-order valence-corrected chi connectivity index (χ3v) is 6.18. The van der Waals surface area contributed by atoms with Crippen LogP contribution in [-0.2, 0) is 0 Å². The van der Waals surface area contributed by atoms with Crippen LogP contribution in [0.4, 0.5) is 5.13 Å². The zero-order chi connectivity index (χ0) is 17.1. The van der Waals surface area contributed by atoms with E-state index in [1.165, 1.54) is 56.7 Å². The van der Waals surface area contributed by atoms with E-state index in [-0.39, 0.29) is 0 Å². The number of hydrogen-bond donors (Lipinski definition) is 0. The highest BCUT2D eigenvalue weighted by Gasteiger charge is 2.27. The minimum atomic E-state index is 0.769. The van der Waals surface area contributed by atoms with Crippen molar-refractivity contribution in [1.82, 2.24) is 14.3 Å². The molecular weight excluding hydrogens is 332 g/mol. The van der Waals surface area contributed by atoms with Crippen LogP contribution in [0.25, 0.3) is 11.4 Å². The Hall–Kier alpha value is -1.66. The van der Waals surface area contributed by atoms with Gasteiger partial charge < -0.3 is 14.5 Å². The van der Waals surface area contributed by atoms with Gasteiger partial charge in [0.15, 0.2) is 5.82 Å². The minimum absolute atomic E-state index is 0.769. The number of anilines is 1. The lowest BCUT2D eigenvalue weighted by atomic mass is 10.0. The van der Waals surface area contributed by atoms with Gasteiger partial charge in [0.2, 0.25) is 5.13 Å². The van der Waals surface area contributed by atoms with Gasteiger partial charge in [0.25, 0.3) is 0 Å². The van der Waals surface area contributed by atoms with Crippen molar-refractivity contribution in [3.05, 3.63) is 24.3 Å². The molecule has 2 aliphatic rings. The van der Waals surface area contributed by atoms with Crippen molar-refractivity contribution in [2.45, 2.75) is 38.1 Å². The Morgan fingerprint density at radius 2 is 1.72 bits per heavy atom. The number of methoxy groups -OCH3 is 1. The standard InChI is InChI=1S/C19H26N4OS/c1-24-17-7-5-15(6-8-17)18-20-19(25-21-18)23-13-9-16(10-14-23)22-11-3-2-4-12-22/h5-8,16H,2-4,9-14H2,1H3. The normalized spacial score (nSPS) is 20.0. The molecule has 0 amide bonds. The predicted octanol–water partition coefficient (Wildman–Crippen LogP) is 3.67. The number of piperidine rings is 2. The molecule has 0 spiro atoms. The van der Waals surface area contributed by atoms with Gasteiger partial charge in [-0.1, -0.05) is 6.42 Å². The summed E-state index contributed by atoms with van der Waals surface area (Å²) in [6.07, 6.45) is 6.66. The highest BCUT2D eigenvalue weighted by molar-refractivity contribution is 7.09. The Bertz CT molecular complexity index is 673. The Morgan fingerprint density at radius 3 is 2.40 bits per heavy atom. The maximum absolute atomic E-state index is 5.22.